The summed E-state index contributed by atoms with van der Waals surface area (Å²) in [6, 6.07) is 2.28. The Morgan fingerprint density at radius 3 is 2.71 bits per heavy atom. The first-order chi connectivity index (χ1) is 9.77. The van der Waals surface area contributed by atoms with Gasteiger partial charge >= 0.3 is 6.18 Å². The highest BCUT2D eigenvalue weighted by Crippen LogP contribution is 2.31. The monoisotopic (exact) mass is 320 g/mol. The normalized spacial score (nSPS) is 18.5. The summed E-state index contributed by atoms with van der Waals surface area (Å²) in [5.41, 5.74) is -0.658. The summed E-state index contributed by atoms with van der Waals surface area (Å²) in [7, 11) is 0. The molecule has 0 saturated carbocycles. The van der Waals surface area contributed by atoms with Crippen LogP contribution in [0.1, 0.15) is 24.0 Å². The van der Waals surface area contributed by atoms with E-state index in [-0.39, 0.29) is 29.5 Å². The number of benzene rings is 1. The Labute approximate surface area is 123 Å². The Bertz CT molecular complexity index is 575. The Hall–Kier alpha value is -1.76. The molecule has 2 rings (SSSR count). The standard InChI is InChI=1S/C13H12ClF3N2O2/c14-9-2-1-8(13(15,16)17)5-7(9)6-18-12(21)10-3-4-11(20)19-10/h1-2,5,10H,3-4,6H2,(H,18,21)(H,19,20)/t10-/m0/s1. The van der Waals surface area contributed by atoms with Gasteiger partial charge in [0, 0.05) is 18.0 Å². The molecule has 2 amide bonds. The lowest BCUT2D eigenvalue weighted by Crippen LogP contribution is -2.41. The molecule has 1 atom stereocenters. The minimum atomic E-state index is -4.47. The van der Waals surface area contributed by atoms with Crippen molar-refractivity contribution in [3.8, 4) is 0 Å². The van der Waals surface area contributed by atoms with Crippen molar-refractivity contribution in [2.45, 2.75) is 31.6 Å². The van der Waals surface area contributed by atoms with Crippen LogP contribution in [-0.2, 0) is 22.3 Å². The van der Waals surface area contributed by atoms with Crippen LogP contribution >= 0.6 is 11.6 Å². The lowest BCUT2D eigenvalue weighted by Gasteiger charge is -2.13. The minimum Gasteiger partial charge on any atom is -0.350 e. The quantitative estimate of drug-likeness (QED) is 0.897. The second kappa shape index (κ2) is 5.93. The molecule has 1 fully saturated rings. The van der Waals surface area contributed by atoms with E-state index in [1.807, 2.05) is 0 Å². The van der Waals surface area contributed by atoms with Crippen LogP contribution in [0, 0.1) is 0 Å². The van der Waals surface area contributed by atoms with E-state index < -0.39 is 23.7 Å². The summed E-state index contributed by atoms with van der Waals surface area (Å²) in [4.78, 5) is 22.8. The molecule has 1 aromatic rings. The summed E-state index contributed by atoms with van der Waals surface area (Å²) < 4.78 is 37.8. The van der Waals surface area contributed by atoms with Crippen LogP contribution in [0.25, 0.3) is 0 Å². The number of nitrogens with one attached hydrogen (secondary N) is 2. The van der Waals surface area contributed by atoms with E-state index in [9.17, 15) is 22.8 Å². The van der Waals surface area contributed by atoms with Crippen LogP contribution in [0.2, 0.25) is 5.02 Å². The number of halogens is 4. The first kappa shape index (κ1) is 15.6. The third-order valence-electron chi connectivity index (χ3n) is 3.14. The van der Waals surface area contributed by atoms with Gasteiger partial charge in [0.05, 0.1) is 5.56 Å². The fraction of sp³-hybridized carbons (Fsp3) is 0.385. The van der Waals surface area contributed by atoms with Crippen LogP contribution in [-0.4, -0.2) is 17.9 Å². The number of rotatable bonds is 3. The molecule has 0 aromatic heterocycles. The molecule has 0 unspecified atom stereocenters. The van der Waals surface area contributed by atoms with Gasteiger partial charge in [0.2, 0.25) is 11.8 Å². The van der Waals surface area contributed by atoms with E-state index >= 15 is 0 Å². The predicted molar refractivity (Wildman–Crippen MR) is 69.5 cm³/mol. The Balaban J connectivity index is 2.02. The second-order valence-electron chi connectivity index (χ2n) is 4.68. The van der Waals surface area contributed by atoms with Crippen molar-refractivity contribution in [1.82, 2.24) is 10.6 Å². The zero-order chi connectivity index (χ0) is 15.6. The molecule has 0 spiro atoms. The Morgan fingerprint density at radius 2 is 2.14 bits per heavy atom. The van der Waals surface area contributed by atoms with Gasteiger partial charge in [0.15, 0.2) is 0 Å². The van der Waals surface area contributed by atoms with Crippen LogP contribution < -0.4 is 10.6 Å². The van der Waals surface area contributed by atoms with E-state index in [4.69, 9.17) is 11.6 Å². The summed E-state index contributed by atoms with van der Waals surface area (Å²) in [5, 5.41) is 5.09. The van der Waals surface area contributed by atoms with E-state index in [1.54, 1.807) is 0 Å². The fourth-order valence-corrected chi connectivity index (χ4v) is 2.19. The maximum atomic E-state index is 12.6. The summed E-state index contributed by atoms with van der Waals surface area (Å²) in [5.74, 6) is -0.651. The van der Waals surface area contributed by atoms with E-state index in [0.717, 1.165) is 18.2 Å². The van der Waals surface area contributed by atoms with Gasteiger partial charge in [-0.2, -0.15) is 13.2 Å². The summed E-state index contributed by atoms with van der Waals surface area (Å²) >= 11 is 5.82. The van der Waals surface area contributed by atoms with Crippen LogP contribution in [0.15, 0.2) is 18.2 Å². The number of amides is 2. The van der Waals surface area contributed by atoms with Crippen LogP contribution in [0.3, 0.4) is 0 Å². The smallest absolute Gasteiger partial charge is 0.350 e. The number of hydrogen-bond donors (Lipinski definition) is 2. The molecule has 1 aromatic carbocycles. The SMILES string of the molecule is O=C1CC[C@@H](C(=O)NCc2cc(C(F)(F)F)ccc2Cl)N1. The van der Waals surface area contributed by atoms with Crippen molar-refractivity contribution in [3.63, 3.8) is 0 Å². The topological polar surface area (TPSA) is 58.2 Å². The van der Waals surface area contributed by atoms with Crippen molar-refractivity contribution in [1.29, 1.82) is 0 Å². The third-order valence-corrected chi connectivity index (χ3v) is 3.51. The zero-order valence-corrected chi connectivity index (χ0v) is 11.5. The van der Waals surface area contributed by atoms with Crippen molar-refractivity contribution in [2.75, 3.05) is 0 Å². The number of hydrogen-bond acceptors (Lipinski definition) is 2. The highest BCUT2D eigenvalue weighted by molar-refractivity contribution is 6.31. The molecule has 0 bridgehead atoms. The van der Waals surface area contributed by atoms with E-state index in [1.165, 1.54) is 0 Å². The lowest BCUT2D eigenvalue weighted by molar-refractivity contribution is -0.137. The second-order valence-corrected chi connectivity index (χ2v) is 5.09. The highest BCUT2D eigenvalue weighted by atomic mass is 35.5. The summed E-state index contributed by atoms with van der Waals surface area (Å²) in [6.45, 7) is -0.131. The largest absolute Gasteiger partial charge is 0.416 e. The van der Waals surface area contributed by atoms with Crippen LogP contribution in [0.5, 0.6) is 0 Å². The van der Waals surface area contributed by atoms with Gasteiger partial charge in [-0.15, -0.1) is 0 Å². The van der Waals surface area contributed by atoms with Crippen molar-refractivity contribution >= 4 is 23.4 Å². The molecule has 1 heterocycles. The predicted octanol–water partition coefficient (Wildman–Crippen LogP) is 2.25. The molecule has 4 nitrogen and oxygen atoms in total. The number of alkyl halides is 3. The molecule has 8 heteroatoms. The van der Waals surface area contributed by atoms with Crippen molar-refractivity contribution in [3.05, 3.63) is 34.3 Å². The maximum Gasteiger partial charge on any atom is 0.416 e. The van der Waals surface area contributed by atoms with Gasteiger partial charge in [-0.3, -0.25) is 9.59 Å². The molecule has 1 aliphatic rings. The molecular weight excluding hydrogens is 309 g/mol. The lowest BCUT2D eigenvalue weighted by atomic mass is 10.1. The van der Waals surface area contributed by atoms with Crippen molar-refractivity contribution < 1.29 is 22.8 Å². The summed E-state index contributed by atoms with van der Waals surface area (Å²) in [6.07, 6.45) is -3.83. The highest BCUT2D eigenvalue weighted by Gasteiger charge is 2.31. The average Bonchev–Trinajstić information content (AvgIpc) is 2.83. The number of carbonyl (C=O) groups excluding carboxylic acids is 2. The molecule has 0 aliphatic carbocycles. The first-order valence-corrected chi connectivity index (χ1v) is 6.58. The Kier molecular flexibility index (Phi) is 4.41. The van der Waals surface area contributed by atoms with E-state index in [2.05, 4.69) is 10.6 Å². The molecule has 21 heavy (non-hydrogen) atoms. The van der Waals surface area contributed by atoms with E-state index in [0.29, 0.717) is 6.42 Å². The minimum absolute atomic E-state index is 0.131. The van der Waals surface area contributed by atoms with Gasteiger partial charge in [-0.25, -0.2) is 0 Å². The third kappa shape index (κ3) is 3.87. The molecule has 0 radical (unpaired) electrons. The van der Waals surface area contributed by atoms with Crippen LogP contribution in [0.4, 0.5) is 13.2 Å². The molecule has 1 aliphatic heterocycles. The zero-order valence-electron chi connectivity index (χ0n) is 10.8. The van der Waals surface area contributed by atoms with Gasteiger partial charge < -0.3 is 10.6 Å². The Morgan fingerprint density at radius 1 is 1.43 bits per heavy atom. The average molecular weight is 321 g/mol. The maximum absolute atomic E-state index is 12.6. The number of carbonyl (C=O) groups is 2. The molecule has 1 saturated heterocycles. The van der Waals surface area contributed by atoms with Gasteiger partial charge in [0.1, 0.15) is 6.04 Å². The van der Waals surface area contributed by atoms with Gasteiger partial charge in [-0.05, 0) is 30.2 Å². The fourth-order valence-electron chi connectivity index (χ4n) is 2.00. The molecule has 2 N–H and O–H groups in total. The molecule has 114 valence electrons. The van der Waals surface area contributed by atoms with Gasteiger partial charge in [-0.1, -0.05) is 11.6 Å². The molecular formula is C13H12ClF3N2O2. The van der Waals surface area contributed by atoms with Crippen molar-refractivity contribution in [2.24, 2.45) is 0 Å². The first-order valence-electron chi connectivity index (χ1n) is 6.20. The van der Waals surface area contributed by atoms with Gasteiger partial charge in [0.25, 0.3) is 0 Å².